The van der Waals surface area contributed by atoms with Gasteiger partial charge in [0.15, 0.2) is 0 Å². The van der Waals surface area contributed by atoms with Gasteiger partial charge in [-0.3, -0.25) is 4.79 Å². The third kappa shape index (κ3) is 3.00. The van der Waals surface area contributed by atoms with Gasteiger partial charge in [-0.2, -0.15) is 0 Å². The molecule has 2 heterocycles. The number of amides is 1. The summed E-state index contributed by atoms with van der Waals surface area (Å²) in [5, 5.41) is 3.56. The summed E-state index contributed by atoms with van der Waals surface area (Å²) in [5.74, 6) is 0.683. The second-order valence-electron chi connectivity index (χ2n) is 5.82. The predicted molar refractivity (Wildman–Crippen MR) is 94.1 cm³/mol. The summed E-state index contributed by atoms with van der Waals surface area (Å²) in [6, 6.07) is 13.1. The van der Waals surface area contributed by atoms with Crippen LogP contribution in [0.3, 0.4) is 0 Å². The lowest BCUT2D eigenvalue weighted by Gasteiger charge is -2.10. The number of halogens is 1. The van der Waals surface area contributed by atoms with Crippen LogP contribution < -0.4 is 5.32 Å². The summed E-state index contributed by atoms with van der Waals surface area (Å²) in [7, 11) is 0. The van der Waals surface area contributed by atoms with Crippen LogP contribution in [0.4, 0.5) is 5.69 Å². The number of nitrogens with one attached hydrogen (secondary N) is 2. The quantitative estimate of drug-likeness (QED) is 0.756. The Kier molecular flexibility index (Phi) is 3.96. The number of aromatic amines is 1. The summed E-state index contributed by atoms with van der Waals surface area (Å²) < 4.78 is 5.39. The first kappa shape index (κ1) is 15.2. The number of H-pyrrole nitrogens is 1. The lowest BCUT2D eigenvalue weighted by atomic mass is 10.2. The molecule has 1 amide bonds. The van der Waals surface area contributed by atoms with Gasteiger partial charge in [0.2, 0.25) is 0 Å². The molecule has 6 heteroatoms. The van der Waals surface area contributed by atoms with Gasteiger partial charge in [-0.1, -0.05) is 11.6 Å². The number of carbonyl (C=O) groups excluding carboxylic acids is 1. The van der Waals surface area contributed by atoms with Crippen molar-refractivity contribution in [2.75, 3.05) is 11.9 Å². The minimum absolute atomic E-state index is 0.0846. The molecule has 1 aliphatic rings. The number of anilines is 1. The molecule has 4 rings (SSSR count). The minimum Gasteiger partial charge on any atom is -0.368 e. The van der Waals surface area contributed by atoms with Crippen LogP contribution in [0.1, 0.15) is 12.8 Å². The Bertz CT molecular complexity index is 883. The minimum atomic E-state index is -0.329. The van der Waals surface area contributed by atoms with E-state index in [9.17, 15) is 4.79 Å². The van der Waals surface area contributed by atoms with Crippen molar-refractivity contribution < 1.29 is 9.53 Å². The van der Waals surface area contributed by atoms with Gasteiger partial charge >= 0.3 is 0 Å². The maximum atomic E-state index is 12.1. The van der Waals surface area contributed by atoms with Crippen LogP contribution in [-0.4, -0.2) is 28.6 Å². The van der Waals surface area contributed by atoms with Crippen molar-refractivity contribution in [2.24, 2.45) is 0 Å². The normalized spacial score (nSPS) is 17.3. The molecule has 3 aromatic rings. The molecule has 1 saturated heterocycles. The Balaban J connectivity index is 1.53. The second-order valence-corrected chi connectivity index (χ2v) is 6.25. The van der Waals surface area contributed by atoms with Gasteiger partial charge in [0.25, 0.3) is 5.91 Å². The van der Waals surface area contributed by atoms with Crippen LogP contribution in [0.15, 0.2) is 42.5 Å². The molecular formula is C18H16ClN3O2. The number of carbonyl (C=O) groups is 1. The molecule has 0 radical (unpaired) electrons. The lowest BCUT2D eigenvalue weighted by Crippen LogP contribution is -2.26. The van der Waals surface area contributed by atoms with Gasteiger partial charge in [0, 0.05) is 22.9 Å². The molecule has 2 N–H and O–H groups in total. The fourth-order valence-electron chi connectivity index (χ4n) is 2.84. The number of rotatable bonds is 3. The third-order valence-electron chi connectivity index (χ3n) is 4.09. The van der Waals surface area contributed by atoms with Crippen LogP contribution in [0.2, 0.25) is 5.02 Å². The zero-order chi connectivity index (χ0) is 16.5. The summed E-state index contributed by atoms with van der Waals surface area (Å²) in [5.41, 5.74) is 3.45. The first-order valence-corrected chi connectivity index (χ1v) is 8.25. The van der Waals surface area contributed by atoms with Crippen molar-refractivity contribution in [1.29, 1.82) is 0 Å². The highest BCUT2D eigenvalue weighted by atomic mass is 35.5. The summed E-state index contributed by atoms with van der Waals surface area (Å²) in [6.45, 7) is 0.660. The Labute approximate surface area is 144 Å². The molecule has 1 fully saturated rings. The maximum Gasteiger partial charge on any atom is 0.253 e. The van der Waals surface area contributed by atoms with Gasteiger partial charge in [-0.15, -0.1) is 0 Å². The standard InChI is InChI=1S/C18H16ClN3O2/c19-12-5-8-14-15(10-12)22-17(21-14)11-3-6-13(7-4-11)20-18(23)16-2-1-9-24-16/h3-8,10,16H,1-2,9H2,(H,20,23)(H,21,22)/t16-/m1/s1. The zero-order valence-corrected chi connectivity index (χ0v) is 13.6. The van der Waals surface area contributed by atoms with E-state index in [2.05, 4.69) is 15.3 Å². The molecule has 2 aromatic carbocycles. The van der Waals surface area contributed by atoms with E-state index in [0.29, 0.717) is 11.6 Å². The topological polar surface area (TPSA) is 67.0 Å². The Morgan fingerprint density at radius 1 is 1.25 bits per heavy atom. The Hall–Kier alpha value is -2.37. The number of benzene rings is 2. The van der Waals surface area contributed by atoms with E-state index in [0.717, 1.165) is 41.0 Å². The first-order chi connectivity index (χ1) is 11.7. The van der Waals surface area contributed by atoms with E-state index in [1.807, 2.05) is 42.5 Å². The van der Waals surface area contributed by atoms with Crippen molar-refractivity contribution in [3.8, 4) is 11.4 Å². The van der Waals surface area contributed by atoms with Gasteiger partial charge in [-0.25, -0.2) is 4.98 Å². The molecule has 0 saturated carbocycles. The van der Waals surface area contributed by atoms with Gasteiger partial charge in [0.05, 0.1) is 11.0 Å². The molecule has 122 valence electrons. The SMILES string of the molecule is O=C(Nc1ccc(-c2nc3ccc(Cl)cc3[nH]2)cc1)[C@H]1CCCO1. The van der Waals surface area contributed by atoms with Crippen molar-refractivity contribution in [3.05, 3.63) is 47.5 Å². The van der Waals surface area contributed by atoms with Gasteiger partial charge < -0.3 is 15.0 Å². The second kappa shape index (κ2) is 6.26. The molecule has 0 unspecified atom stereocenters. The fourth-order valence-corrected chi connectivity index (χ4v) is 3.01. The van der Waals surface area contributed by atoms with Crippen LogP contribution in [0.25, 0.3) is 22.4 Å². The molecule has 0 aliphatic carbocycles. The zero-order valence-electron chi connectivity index (χ0n) is 12.9. The highest BCUT2D eigenvalue weighted by Gasteiger charge is 2.23. The first-order valence-electron chi connectivity index (χ1n) is 7.87. The van der Waals surface area contributed by atoms with E-state index >= 15 is 0 Å². The number of ether oxygens (including phenoxy) is 1. The Morgan fingerprint density at radius 3 is 2.83 bits per heavy atom. The van der Waals surface area contributed by atoms with Crippen molar-refractivity contribution in [1.82, 2.24) is 9.97 Å². The highest BCUT2D eigenvalue weighted by Crippen LogP contribution is 2.24. The predicted octanol–water partition coefficient (Wildman–Crippen LogP) is 4.00. The summed E-state index contributed by atoms with van der Waals surface area (Å²) in [4.78, 5) is 19.9. The number of hydrogen-bond acceptors (Lipinski definition) is 3. The maximum absolute atomic E-state index is 12.1. The largest absolute Gasteiger partial charge is 0.368 e. The number of hydrogen-bond donors (Lipinski definition) is 2. The van der Waals surface area contributed by atoms with Gasteiger partial charge in [0.1, 0.15) is 11.9 Å². The average molecular weight is 342 g/mol. The number of fused-ring (bicyclic) bond motifs is 1. The van der Waals surface area contributed by atoms with Gasteiger partial charge in [-0.05, 0) is 55.3 Å². The van der Waals surface area contributed by atoms with E-state index in [4.69, 9.17) is 16.3 Å². The van der Waals surface area contributed by atoms with Crippen LogP contribution in [0, 0.1) is 0 Å². The fraction of sp³-hybridized carbons (Fsp3) is 0.222. The number of imidazole rings is 1. The molecule has 1 atom stereocenters. The van der Waals surface area contributed by atoms with Crippen molar-refractivity contribution in [3.63, 3.8) is 0 Å². The molecule has 0 bridgehead atoms. The molecule has 5 nitrogen and oxygen atoms in total. The van der Waals surface area contributed by atoms with E-state index in [1.165, 1.54) is 0 Å². The molecule has 1 aromatic heterocycles. The average Bonchev–Trinajstić information content (AvgIpc) is 3.24. The molecule has 24 heavy (non-hydrogen) atoms. The van der Waals surface area contributed by atoms with E-state index in [1.54, 1.807) is 0 Å². The monoisotopic (exact) mass is 341 g/mol. The molecule has 1 aliphatic heterocycles. The number of aromatic nitrogens is 2. The van der Waals surface area contributed by atoms with E-state index in [-0.39, 0.29) is 12.0 Å². The van der Waals surface area contributed by atoms with Crippen LogP contribution >= 0.6 is 11.6 Å². The van der Waals surface area contributed by atoms with Crippen molar-refractivity contribution >= 4 is 34.2 Å². The third-order valence-corrected chi connectivity index (χ3v) is 4.33. The van der Waals surface area contributed by atoms with Crippen molar-refractivity contribution in [2.45, 2.75) is 18.9 Å². The van der Waals surface area contributed by atoms with Crippen LogP contribution in [0.5, 0.6) is 0 Å². The van der Waals surface area contributed by atoms with E-state index < -0.39 is 0 Å². The smallest absolute Gasteiger partial charge is 0.253 e. The summed E-state index contributed by atoms with van der Waals surface area (Å²) in [6.07, 6.45) is 1.39. The van der Waals surface area contributed by atoms with Crippen LogP contribution in [-0.2, 0) is 9.53 Å². The highest BCUT2D eigenvalue weighted by molar-refractivity contribution is 6.31. The molecular weight excluding hydrogens is 326 g/mol. The Morgan fingerprint density at radius 2 is 2.08 bits per heavy atom. The summed E-state index contributed by atoms with van der Waals surface area (Å²) >= 11 is 6.00. The lowest BCUT2D eigenvalue weighted by molar-refractivity contribution is -0.124. The number of nitrogens with zero attached hydrogens (tertiary/aromatic N) is 1. The molecule has 0 spiro atoms.